The van der Waals surface area contributed by atoms with Crippen molar-refractivity contribution in [2.24, 2.45) is 5.92 Å². The molecule has 10 heavy (non-hydrogen) atoms. The number of carbonyl (C=O) groups excluding carboxylic acids is 1. The Bertz CT molecular complexity index is 110. The lowest BCUT2D eigenvalue weighted by Gasteiger charge is -2.14. The highest BCUT2D eigenvalue weighted by Gasteiger charge is 2.17. The van der Waals surface area contributed by atoms with E-state index in [0.29, 0.717) is 12.8 Å². The molecule has 0 aromatic rings. The molecule has 0 aliphatic carbocycles. The number of rotatable bonds is 4. The molecule has 0 aliphatic rings. The van der Waals surface area contributed by atoms with Crippen LogP contribution < -0.4 is 0 Å². The first kappa shape index (κ1) is 9.63. The molecule has 0 aromatic carbocycles. The van der Waals surface area contributed by atoms with E-state index in [0.717, 1.165) is 0 Å². The molecule has 0 saturated carbocycles. The number of Topliss-reactive ketones (excluding diaryl/α,β-unsaturated/α-hetero) is 1. The zero-order chi connectivity index (χ0) is 8.15. The fourth-order valence-electron chi connectivity index (χ4n) is 0.890. The monoisotopic (exact) mass is 144 g/mol. The van der Waals surface area contributed by atoms with Crippen molar-refractivity contribution in [2.45, 2.75) is 39.7 Å². The molecule has 0 heterocycles. The molecular weight excluding hydrogens is 128 g/mol. The molecule has 0 amide bonds. The minimum atomic E-state index is -0.451. The van der Waals surface area contributed by atoms with Gasteiger partial charge >= 0.3 is 0 Å². The maximum Gasteiger partial charge on any atom is 0.138 e. The summed E-state index contributed by atoms with van der Waals surface area (Å²) in [4.78, 5) is 11.0. The van der Waals surface area contributed by atoms with E-state index in [1.54, 1.807) is 6.92 Å². The predicted molar refractivity (Wildman–Crippen MR) is 40.8 cm³/mol. The van der Waals surface area contributed by atoms with Crippen LogP contribution in [0.25, 0.3) is 0 Å². The van der Waals surface area contributed by atoms with Crippen LogP contribution in [0.3, 0.4) is 0 Å². The van der Waals surface area contributed by atoms with Gasteiger partial charge in [0.2, 0.25) is 0 Å². The SMILES string of the molecule is CCC(=O)C(C)[C@@H](O)CC. The van der Waals surface area contributed by atoms with Gasteiger partial charge in [-0.05, 0) is 6.42 Å². The molecule has 0 aliphatic heterocycles. The highest BCUT2D eigenvalue weighted by atomic mass is 16.3. The molecule has 0 spiro atoms. The molecule has 2 nitrogen and oxygen atoms in total. The van der Waals surface area contributed by atoms with Crippen molar-refractivity contribution in [2.75, 3.05) is 0 Å². The van der Waals surface area contributed by atoms with Crippen LogP contribution in [-0.4, -0.2) is 17.0 Å². The van der Waals surface area contributed by atoms with E-state index >= 15 is 0 Å². The Morgan fingerprint density at radius 1 is 1.50 bits per heavy atom. The van der Waals surface area contributed by atoms with E-state index < -0.39 is 6.10 Å². The Morgan fingerprint density at radius 2 is 2.00 bits per heavy atom. The fourth-order valence-corrected chi connectivity index (χ4v) is 0.890. The van der Waals surface area contributed by atoms with Gasteiger partial charge in [-0.2, -0.15) is 0 Å². The van der Waals surface area contributed by atoms with E-state index in [1.807, 2.05) is 13.8 Å². The van der Waals surface area contributed by atoms with Crippen LogP contribution in [0.4, 0.5) is 0 Å². The third-order valence-electron chi connectivity index (χ3n) is 1.85. The van der Waals surface area contributed by atoms with Gasteiger partial charge in [-0.25, -0.2) is 0 Å². The number of aliphatic hydroxyl groups excluding tert-OH is 1. The maximum atomic E-state index is 11.0. The lowest BCUT2D eigenvalue weighted by Crippen LogP contribution is -2.24. The van der Waals surface area contributed by atoms with Crippen LogP contribution in [0.1, 0.15) is 33.6 Å². The Morgan fingerprint density at radius 3 is 2.30 bits per heavy atom. The standard InChI is InChI=1S/C8H16O2/c1-4-7(9)6(3)8(10)5-2/h6-7,9H,4-5H2,1-3H3/t6?,7-/m0/s1. The van der Waals surface area contributed by atoms with Gasteiger partial charge in [0.05, 0.1) is 6.10 Å². The summed E-state index contributed by atoms with van der Waals surface area (Å²) in [5.41, 5.74) is 0. The van der Waals surface area contributed by atoms with Crippen LogP contribution in [0, 0.1) is 5.92 Å². The van der Waals surface area contributed by atoms with Gasteiger partial charge in [-0.3, -0.25) is 4.79 Å². The average Bonchev–Trinajstić information content (AvgIpc) is 2.00. The fraction of sp³-hybridized carbons (Fsp3) is 0.875. The van der Waals surface area contributed by atoms with Crippen LogP contribution in [0.2, 0.25) is 0 Å². The van der Waals surface area contributed by atoms with Gasteiger partial charge in [0.15, 0.2) is 0 Å². The van der Waals surface area contributed by atoms with Crippen LogP contribution in [0.15, 0.2) is 0 Å². The molecular formula is C8H16O2. The van der Waals surface area contributed by atoms with Gasteiger partial charge in [0.25, 0.3) is 0 Å². The number of ketones is 1. The molecule has 60 valence electrons. The van der Waals surface area contributed by atoms with Gasteiger partial charge < -0.3 is 5.11 Å². The number of carbonyl (C=O) groups is 1. The second-order valence-electron chi connectivity index (χ2n) is 2.58. The third kappa shape index (κ3) is 2.48. The molecule has 0 saturated heterocycles. The highest BCUT2D eigenvalue weighted by Crippen LogP contribution is 2.08. The normalized spacial score (nSPS) is 16.4. The summed E-state index contributed by atoms with van der Waals surface area (Å²) in [7, 11) is 0. The summed E-state index contributed by atoms with van der Waals surface area (Å²) in [6.07, 6.45) is 0.734. The van der Waals surface area contributed by atoms with Gasteiger partial charge in [-0.15, -0.1) is 0 Å². The highest BCUT2D eigenvalue weighted by molar-refractivity contribution is 5.80. The van der Waals surface area contributed by atoms with Crippen molar-refractivity contribution < 1.29 is 9.90 Å². The molecule has 1 N–H and O–H groups in total. The summed E-state index contributed by atoms with van der Waals surface area (Å²) < 4.78 is 0. The molecule has 0 radical (unpaired) electrons. The summed E-state index contributed by atoms with van der Waals surface area (Å²) in [5, 5.41) is 9.21. The Hall–Kier alpha value is -0.370. The van der Waals surface area contributed by atoms with Gasteiger partial charge in [-0.1, -0.05) is 20.8 Å². The minimum Gasteiger partial charge on any atom is -0.392 e. The van der Waals surface area contributed by atoms with E-state index in [9.17, 15) is 9.90 Å². The first-order chi connectivity index (χ1) is 4.63. The van der Waals surface area contributed by atoms with Gasteiger partial charge in [0, 0.05) is 12.3 Å². The van der Waals surface area contributed by atoms with Crippen LogP contribution in [0.5, 0.6) is 0 Å². The molecule has 0 aromatic heterocycles. The van der Waals surface area contributed by atoms with Crippen molar-refractivity contribution in [1.82, 2.24) is 0 Å². The summed E-state index contributed by atoms with van der Waals surface area (Å²) in [5.74, 6) is -0.0376. The molecule has 0 rings (SSSR count). The number of aliphatic hydroxyl groups is 1. The van der Waals surface area contributed by atoms with Crippen molar-refractivity contribution >= 4 is 5.78 Å². The smallest absolute Gasteiger partial charge is 0.138 e. The van der Waals surface area contributed by atoms with E-state index in [1.165, 1.54) is 0 Å². The number of hydrogen-bond acceptors (Lipinski definition) is 2. The Balaban J connectivity index is 3.81. The summed E-state index contributed by atoms with van der Waals surface area (Å²) in [6.45, 7) is 5.48. The van der Waals surface area contributed by atoms with Gasteiger partial charge in [0.1, 0.15) is 5.78 Å². The second kappa shape index (κ2) is 4.45. The lowest BCUT2D eigenvalue weighted by molar-refractivity contribution is -0.125. The molecule has 0 bridgehead atoms. The molecule has 0 fully saturated rings. The average molecular weight is 144 g/mol. The quantitative estimate of drug-likeness (QED) is 0.647. The van der Waals surface area contributed by atoms with Crippen molar-refractivity contribution in [3.63, 3.8) is 0 Å². The zero-order valence-corrected chi connectivity index (χ0v) is 6.92. The molecule has 1 unspecified atom stereocenters. The number of hydrogen-bond donors (Lipinski definition) is 1. The van der Waals surface area contributed by atoms with Crippen LogP contribution >= 0.6 is 0 Å². The maximum absolute atomic E-state index is 11.0. The second-order valence-corrected chi connectivity index (χ2v) is 2.58. The first-order valence-corrected chi connectivity index (χ1v) is 3.84. The first-order valence-electron chi connectivity index (χ1n) is 3.84. The lowest BCUT2D eigenvalue weighted by atomic mass is 9.96. The van der Waals surface area contributed by atoms with Crippen LogP contribution in [-0.2, 0) is 4.79 Å². The van der Waals surface area contributed by atoms with E-state index in [-0.39, 0.29) is 11.7 Å². The topological polar surface area (TPSA) is 37.3 Å². The largest absolute Gasteiger partial charge is 0.392 e. The minimum absolute atomic E-state index is 0.148. The van der Waals surface area contributed by atoms with Crippen molar-refractivity contribution in [1.29, 1.82) is 0 Å². The van der Waals surface area contributed by atoms with Crippen molar-refractivity contribution in [3.05, 3.63) is 0 Å². The van der Waals surface area contributed by atoms with Crippen molar-refractivity contribution in [3.8, 4) is 0 Å². The Labute approximate surface area is 62.2 Å². The van der Waals surface area contributed by atoms with E-state index in [4.69, 9.17) is 0 Å². The van der Waals surface area contributed by atoms with E-state index in [2.05, 4.69) is 0 Å². The predicted octanol–water partition coefficient (Wildman–Crippen LogP) is 1.37. The Kier molecular flexibility index (Phi) is 4.28. The summed E-state index contributed by atoms with van der Waals surface area (Å²) in [6, 6.07) is 0. The molecule has 2 heteroatoms. The summed E-state index contributed by atoms with van der Waals surface area (Å²) >= 11 is 0. The molecule has 2 atom stereocenters. The third-order valence-corrected chi connectivity index (χ3v) is 1.85. The zero-order valence-electron chi connectivity index (χ0n) is 6.92.